The van der Waals surface area contributed by atoms with Crippen LogP contribution in [-0.2, 0) is 0 Å². The fourth-order valence-electron chi connectivity index (χ4n) is 6.21. The molecule has 4 aliphatic carbocycles. The van der Waals surface area contributed by atoms with Gasteiger partial charge in [0.1, 0.15) is 0 Å². The maximum atomic E-state index is 13.6. The van der Waals surface area contributed by atoms with Gasteiger partial charge >= 0.3 is 0 Å². The number of rotatable bonds is 3. The Morgan fingerprint density at radius 1 is 0.767 bits per heavy atom. The maximum absolute atomic E-state index is 13.6. The van der Waals surface area contributed by atoms with Crippen molar-refractivity contribution in [3.8, 4) is 0 Å². The number of nitrogens with zero attached hydrogens (tertiary/aromatic N) is 1. The van der Waals surface area contributed by atoms with Crippen LogP contribution in [-0.4, -0.2) is 22.4 Å². The zero-order valence-electron chi connectivity index (χ0n) is 16.6. The minimum absolute atomic E-state index is 0.170. The van der Waals surface area contributed by atoms with Gasteiger partial charge in [-0.05, 0) is 105 Å². The molecule has 0 aliphatic heterocycles. The molecule has 0 heterocycles. The molecule has 4 aliphatic rings. The molecule has 156 valence electrons. The van der Waals surface area contributed by atoms with E-state index in [9.17, 15) is 9.59 Å². The smallest absolute Gasteiger partial charge is 0.267 e. The van der Waals surface area contributed by atoms with Crippen LogP contribution in [0.3, 0.4) is 0 Å². The Labute approximate surface area is 186 Å². The molecular formula is C24H24Cl2N2O2. The summed E-state index contributed by atoms with van der Waals surface area (Å²) in [7, 11) is 0. The van der Waals surface area contributed by atoms with Crippen molar-refractivity contribution >= 4 is 35.0 Å². The van der Waals surface area contributed by atoms with Crippen molar-refractivity contribution in [2.45, 2.75) is 44.1 Å². The molecule has 2 aromatic rings. The van der Waals surface area contributed by atoms with Gasteiger partial charge in [-0.1, -0.05) is 23.2 Å². The molecule has 6 rings (SSSR count). The Bertz CT molecular complexity index is 936. The van der Waals surface area contributed by atoms with Gasteiger partial charge in [0.05, 0.1) is 5.54 Å². The molecule has 30 heavy (non-hydrogen) atoms. The summed E-state index contributed by atoms with van der Waals surface area (Å²) in [4.78, 5) is 26.7. The second-order valence-electron chi connectivity index (χ2n) is 9.24. The summed E-state index contributed by atoms with van der Waals surface area (Å²) in [5, 5.41) is 2.82. The zero-order chi connectivity index (χ0) is 20.9. The first-order valence-corrected chi connectivity index (χ1v) is 11.3. The summed E-state index contributed by atoms with van der Waals surface area (Å²) in [5.74, 6) is 1.47. The van der Waals surface area contributed by atoms with Gasteiger partial charge in [0.15, 0.2) is 0 Å². The van der Waals surface area contributed by atoms with Crippen LogP contribution in [0.2, 0.25) is 10.0 Å². The highest BCUT2D eigenvalue weighted by Gasteiger charge is 2.55. The van der Waals surface area contributed by atoms with Crippen molar-refractivity contribution in [2.75, 3.05) is 0 Å². The van der Waals surface area contributed by atoms with Gasteiger partial charge in [-0.2, -0.15) is 0 Å². The van der Waals surface area contributed by atoms with Gasteiger partial charge < -0.3 is 0 Å². The van der Waals surface area contributed by atoms with Crippen molar-refractivity contribution in [3.05, 3.63) is 69.7 Å². The van der Waals surface area contributed by atoms with Gasteiger partial charge in [0.25, 0.3) is 11.8 Å². The van der Waals surface area contributed by atoms with Crippen LogP contribution in [0.25, 0.3) is 0 Å². The van der Waals surface area contributed by atoms with Crippen LogP contribution in [0.5, 0.6) is 0 Å². The molecule has 4 saturated carbocycles. The summed E-state index contributed by atoms with van der Waals surface area (Å²) in [6.45, 7) is 0. The second-order valence-corrected chi connectivity index (χ2v) is 10.1. The average Bonchev–Trinajstić information content (AvgIpc) is 2.71. The molecule has 4 fully saturated rings. The van der Waals surface area contributed by atoms with Gasteiger partial charge in [-0.25, -0.2) is 5.01 Å². The highest BCUT2D eigenvalue weighted by Crippen LogP contribution is 2.57. The SMILES string of the molecule is O=C(NN(C(=O)c1ccc(Cl)cc1)C12CC3CC(CC(C3)C1)C2)c1ccc(Cl)cc1. The lowest BCUT2D eigenvalue weighted by Crippen LogP contribution is -2.66. The van der Waals surface area contributed by atoms with E-state index in [2.05, 4.69) is 5.43 Å². The summed E-state index contributed by atoms with van der Waals surface area (Å²) >= 11 is 12.0. The molecule has 4 bridgehead atoms. The maximum Gasteiger partial charge on any atom is 0.272 e. The molecule has 2 amide bonds. The molecule has 0 aromatic heterocycles. The number of hydrogen-bond acceptors (Lipinski definition) is 2. The first-order chi connectivity index (χ1) is 14.4. The molecule has 0 unspecified atom stereocenters. The van der Waals surface area contributed by atoms with Crippen molar-refractivity contribution < 1.29 is 9.59 Å². The Kier molecular flexibility index (Phi) is 5.03. The fraction of sp³-hybridized carbons (Fsp3) is 0.417. The first-order valence-electron chi connectivity index (χ1n) is 10.6. The predicted octanol–water partition coefficient (Wildman–Crippen LogP) is 5.75. The molecule has 2 aromatic carbocycles. The van der Waals surface area contributed by atoms with Crippen LogP contribution in [0.4, 0.5) is 0 Å². The fourth-order valence-corrected chi connectivity index (χ4v) is 6.46. The largest absolute Gasteiger partial charge is 0.272 e. The Balaban J connectivity index is 1.49. The number of benzene rings is 2. The van der Waals surface area contributed by atoms with E-state index in [4.69, 9.17) is 23.2 Å². The molecule has 6 heteroatoms. The summed E-state index contributed by atoms with van der Waals surface area (Å²) in [6.07, 6.45) is 6.64. The van der Waals surface area contributed by atoms with E-state index in [1.807, 2.05) is 0 Å². The minimum Gasteiger partial charge on any atom is -0.267 e. The van der Waals surface area contributed by atoms with Gasteiger partial charge in [0, 0.05) is 21.2 Å². The number of carbonyl (C=O) groups excluding carboxylic acids is 2. The van der Waals surface area contributed by atoms with E-state index < -0.39 is 0 Å². The van der Waals surface area contributed by atoms with Crippen LogP contribution >= 0.6 is 23.2 Å². The zero-order valence-corrected chi connectivity index (χ0v) is 18.1. The minimum atomic E-state index is -0.312. The summed E-state index contributed by atoms with van der Waals surface area (Å²) in [5.41, 5.74) is 3.70. The normalized spacial score (nSPS) is 28.9. The molecule has 1 N–H and O–H groups in total. The Hall–Kier alpha value is -2.04. The summed E-state index contributed by atoms with van der Waals surface area (Å²) in [6, 6.07) is 13.6. The third-order valence-corrected chi connectivity index (χ3v) is 7.60. The third-order valence-electron chi connectivity index (χ3n) is 7.09. The molecule has 0 spiro atoms. The summed E-state index contributed by atoms with van der Waals surface area (Å²) < 4.78 is 0. The van der Waals surface area contributed by atoms with E-state index in [-0.39, 0.29) is 17.4 Å². The van der Waals surface area contributed by atoms with Gasteiger partial charge in [-0.15, -0.1) is 0 Å². The van der Waals surface area contributed by atoms with Crippen molar-refractivity contribution in [1.82, 2.24) is 10.4 Å². The Morgan fingerprint density at radius 3 is 1.67 bits per heavy atom. The highest BCUT2D eigenvalue weighted by atomic mass is 35.5. The number of amides is 2. The number of hydrazine groups is 1. The van der Waals surface area contributed by atoms with Crippen LogP contribution in [0, 0.1) is 17.8 Å². The van der Waals surface area contributed by atoms with Crippen molar-refractivity contribution in [2.24, 2.45) is 17.8 Å². The average molecular weight is 443 g/mol. The van der Waals surface area contributed by atoms with Crippen LogP contribution in [0.15, 0.2) is 48.5 Å². The lowest BCUT2D eigenvalue weighted by molar-refractivity contribution is -0.0875. The van der Waals surface area contributed by atoms with Crippen LogP contribution < -0.4 is 5.43 Å². The molecule has 4 nitrogen and oxygen atoms in total. The van der Waals surface area contributed by atoms with E-state index in [1.165, 1.54) is 19.3 Å². The third kappa shape index (κ3) is 3.61. The van der Waals surface area contributed by atoms with E-state index in [0.29, 0.717) is 38.9 Å². The topological polar surface area (TPSA) is 49.4 Å². The molecular weight excluding hydrogens is 419 g/mol. The quantitative estimate of drug-likeness (QED) is 0.615. The monoisotopic (exact) mass is 442 g/mol. The second kappa shape index (κ2) is 7.58. The van der Waals surface area contributed by atoms with Gasteiger partial charge in [-0.3, -0.25) is 15.0 Å². The lowest BCUT2D eigenvalue weighted by Gasteiger charge is -2.59. The lowest BCUT2D eigenvalue weighted by atomic mass is 9.52. The number of halogens is 2. The van der Waals surface area contributed by atoms with E-state index in [0.717, 1.165) is 19.3 Å². The van der Waals surface area contributed by atoms with Crippen molar-refractivity contribution in [1.29, 1.82) is 0 Å². The highest BCUT2D eigenvalue weighted by molar-refractivity contribution is 6.31. The molecule has 0 saturated heterocycles. The van der Waals surface area contributed by atoms with Gasteiger partial charge in [0.2, 0.25) is 0 Å². The van der Waals surface area contributed by atoms with E-state index >= 15 is 0 Å². The molecule has 0 atom stereocenters. The number of hydrogen-bond donors (Lipinski definition) is 1. The van der Waals surface area contributed by atoms with Crippen molar-refractivity contribution in [3.63, 3.8) is 0 Å². The number of nitrogens with one attached hydrogen (secondary N) is 1. The standard InChI is InChI=1S/C24H24Cl2N2O2/c25-20-5-1-18(2-6-20)22(29)27-28(23(30)19-3-7-21(26)8-4-19)24-12-15-9-16(13-24)11-17(10-15)14-24/h1-8,15-17H,9-14H2,(H,27,29). The van der Waals surface area contributed by atoms with E-state index in [1.54, 1.807) is 53.5 Å². The first kappa shape index (κ1) is 19.9. The van der Waals surface area contributed by atoms with Crippen LogP contribution in [0.1, 0.15) is 59.2 Å². The number of carbonyl (C=O) groups is 2. The predicted molar refractivity (Wildman–Crippen MR) is 117 cm³/mol. The Morgan fingerprint density at radius 2 is 1.20 bits per heavy atom. The molecule has 0 radical (unpaired) electrons.